The van der Waals surface area contributed by atoms with E-state index >= 15 is 0 Å². The second-order valence-corrected chi connectivity index (χ2v) is 5.25. The largest absolute Gasteiger partial charge is 0.376 e. The van der Waals surface area contributed by atoms with Crippen LogP contribution in [0.1, 0.15) is 16.7 Å². The molecule has 2 aromatic rings. The Kier molecular flexibility index (Phi) is 5.38. The molecule has 0 aromatic heterocycles. The van der Waals surface area contributed by atoms with Crippen LogP contribution in [0, 0.1) is 13.8 Å². The van der Waals surface area contributed by atoms with Gasteiger partial charge in [-0.25, -0.2) is 0 Å². The van der Waals surface area contributed by atoms with Gasteiger partial charge in [0.15, 0.2) is 0 Å². The number of carbonyl (C=O) groups is 1. The Hall–Kier alpha value is -2.29. The van der Waals surface area contributed by atoms with Crippen LogP contribution in [-0.4, -0.2) is 19.0 Å². The van der Waals surface area contributed by atoms with Crippen LogP contribution in [0.3, 0.4) is 0 Å². The number of nitrogens with one attached hydrogen (secondary N) is 2. The average Bonchev–Trinajstić information content (AvgIpc) is 2.47. The summed E-state index contributed by atoms with van der Waals surface area (Å²) in [7, 11) is 0. The highest BCUT2D eigenvalue weighted by Crippen LogP contribution is 2.09. The third-order valence-electron chi connectivity index (χ3n) is 3.45. The van der Waals surface area contributed by atoms with Crippen molar-refractivity contribution in [3.8, 4) is 0 Å². The molecule has 0 spiro atoms. The van der Waals surface area contributed by atoms with Crippen molar-refractivity contribution in [1.29, 1.82) is 0 Å². The van der Waals surface area contributed by atoms with Crippen molar-refractivity contribution in [3.05, 3.63) is 65.2 Å². The standard InChI is InChI=1S/C18H22N2O/c1-14-6-5-9-17(12-14)20-13-18(21)19-11-10-16-8-4-3-7-15(16)2/h3-9,12,20H,10-11,13H2,1-2H3,(H,19,21). The first-order valence-corrected chi connectivity index (χ1v) is 7.27. The number of rotatable bonds is 6. The van der Waals surface area contributed by atoms with Crippen LogP contribution in [0.2, 0.25) is 0 Å². The van der Waals surface area contributed by atoms with Crippen molar-refractivity contribution in [2.75, 3.05) is 18.4 Å². The van der Waals surface area contributed by atoms with E-state index < -0.39 is 0 Å². The lowest BCUT2D eigenvalue weighted by Crippen LogP contribution is -2.31. The van der Waals surface area contributed by atoms with Crippen LogP contribution < -0.4 is 10.6 Å². The van der Waals surface area contributed by atoms with Gasteiger partial charge in [0.1, 0.15) is 0 Å². The number of amides is 1. The molecule has 3 nitrogen and oxygen atoms in total. The molecule has 0 saturated heterocycles. The van der Waals surface area contributed by atoms with E-state index in [2.05, 4.69) is 29.7 Å². The van der Waals surface area contributed by atoms with Crippen molar-refractivity contribution >= 4 is 11.6 Å². The number of benzene rings is 2. The molecule has 0 radical (unpaired) electrons. The van der Waals surface area contributed by atoms with E-state index in [1.54, 1.807) is 0 Å². The van der Waals surface area contributed by atoms with E-state index in [4.69, 9.17) is 0 Å². The summed E-state index contributed by atoms with van der Waals surface area (Å²) >= 11 is 0. The molecule has 2 N–H and O–H groups in total. The van der Waals surface area contributed by atoms with Crippen molar-refractivity contribution < 1.29 is 4.79 Å². The van der Waals surface area contributed by atoms with Gasteiger partial charge in [-0.3, -0.25) is 4.79 Å². The van der Waals surface area contributed by atoms with E-state index in [1.807, 2.05) is 43.3 Å². The smallest absolute Gasteiger partial charge is 0.239 e. The molecule has 2 aromatic carbocycles. The number of hydrogen-bond donors (Lipinski definition) is 2. The van der Waals surface area contributed by atoms with E-state index in [0.29, 0.717) is 13.1 Å². The van der Waals surface area contributed by atoms with Crippen LogP contribution >= 0.6 is 0 Å². The minimum Gasteiger partial charge on any atom is -0.376 e. The molecule has 0 bridgehead atoms. The minimum absolute atomic E-state index is 0.0186. The number of anilines is 1. The van der Waals surface area contributed by atoms with Crippen LogP contribution in [0.5, 0.6) is 0 Å². The fraction of sp³-hybridized carbons (Fsp3) is 0.278. The molecule has 21 heavy (non-hydrogen) atoms. The second kappa shape index (κ2) is 7.48. The molecule has 2 rings (SSSR count). The molecule has 0 aliphatic heterocycles. The fourth-order valence-corrected chi connectivity index (χ4v) is 2.23. The summed E-state index contributed by atoms with van der Waals surface area (Å²) < 4.78 is 0. The summed E-state index contributed by atoms with van der Waals surface area (Å²) in [5, 5.41) is 6.08. The Morgan fingerprint density at radius 2 is 1.86 bits per heavy atom. The van der Waals surface area contributed by atoms with Gasteiger partial charge >= 0.3 is 0 Å². The highest BCUT2D eigenvalue weighted by atomic mass is 16.1. The summed E-state index contributed by atoms with van der Waals surface area (Å²) in [4.78, 5) is 11.8. The third kappa shape index (κ3) is 4.95. The van der Waals surface area contributed by atoms with Crippen LogP contribution in [0.15, 0.2) is 48.5 Å². The Labute approximate surface area is 126 Å². The monoisotopic (exact) mass is 282 g/mol. The van der Waals surface area contributed by atoms with Gasteiger partial charge in [-0.15, -0.1) is 0 Å². The molecule has 0 unspecified atom stereocenters. The number of hydrogen-bond acceptors (Lipinski definition) is 2. The zero-order chi connectivity index (χ0) is 15.1. The first kappa shape index (κ1) is 15.1. The van der Waals surface area contributed by atoms with E-state index in [-0.39, 0.29) is 5.91 Å². The van der Waals surface area contributed by atoms with Gasteiger partial charge in [0.25, 0.3) is 0 Å². The summed E-state index contributed by atoms with van der Waals surface area (Å²) in [6, 6.07) is 16.3. The molecule has 110 valence electrons. The predicted octanol–water partition coefficient (Wildman–Crippen LogP) is 3.07. The lowest BCUT2D eigenvalue weighted by atomic mass is 10.1. The van der Waals surface area contributed by atoms with Crippen LogP contribution in [0.25, 0.3) is 0 Å². The molecular weight excluding hydrogens is 260 g/mol. The molecule has 0 aliphatic carbocycles. The Balaban J connectivity index is 1.72. The Bertz CT molecular complexity index is 608. The van der Waals surface area contributed by atoms with Crippen molar-refractivity contribution in [1.82, 2.24) is 5.32 Å². The van der Waals surface area contributed by atoms with Crippen molar-refractivity contribution in [2.45, 2.75) is 20.3 Å². The summed E-state index contributed by atoms with van der Waals surface area (Å²) in [5.74, 6) is 0.0186. The maximum Gasteiger partial charge on any atom is 0.239 e. The summed E-state index contributed by atoms with van der Waals surface area (Å²) in [5.41, 5.74) is 4.71. The molecule has 0 heterocycles. The Morgan fingerprint density at radius 3 is 2.62 bits per heavy atom. The normalized spacial score (nSPS) is 10.2. The molecule has 0 aliphatic rings. The lowest BCUT2D eigenvalue weighted by molar-refractivity contribution is -0.119. The second-order valence-electron chi connectivity index (χ2n) is 5.25. The maximum absolute atomic E-state index is 11.8. The predicted molar refractivity (Wildman–Crippen MR) is 87.6 cm³/mol. The highest BCUT2D eigenvalue weighted by Gasteiger charge is 2.02. The van der Waals surface area contributed by atoms with E-state index in [1.165, 1.54) is 16.7 Å². The van der Waals surface area contributed by atoms with Gasteiger partial charge in [0.05, 0.1) is 6.54 Å². The van der Waals surface area contributed by atoms with Gasteiger partial charge in [0, 0.05) is 12.2 Å². The Morgan fingerprint density at radius 1 is 1.05 bits per heavy atom. The lowest BCUT2D eigenvalue weighted by Gasteiger charge is -2.09. The van der Waals surface area contributed by atoms with Gasteiger partial charge in [-0.2, -0.15) is 0 Å². The molecule has 3 heteroatoms. The summed E-state index contributed by atoms with van der Waals surface area (Å²) in [6.45, 7) is 5.10. The zero-order valence-electron chi connectivity index (χ0n) is 12.6. The number of carbonyl (C=O) groups excluding carboxylic acids is 1. The molecule has 0 fully saturated rings. The topological polar surface area (TPSA) is 41.1 Å². The first-order valence-electron chi connectivity index (χ1n) is 7.27. The summed E-state index contributed by atoms with van der Waals surface area (Å²) in [6.07, 6.45) is 0.864. The molecule has 0 atom stereocenters. The maximum atomic E-state index is 11.8. The fourth-order valence-electron chi connectivity index (χ4n) is 2.23. The van der Waals surface area contributed by atoms with Crippen LogP contribution in [0.4, 0.5) is 5.69 Å². The van der Waals surface area contributed by atoms with E-state index in [9.17, 15) is 4.79 Å². The SMILES string of the molecule is Cc1cccc(NCC(=O)NCCc2ccccc2C)c1. The van der Waals surface area contributed by atoms with Crippen molar-refractivity contribution in [3.63, 3.8) is 0 Å². The van der Waals surface area contributed by atoms with E-state index in [0.717, 1.165) is 12.1 Å². The molecule has 1 amide bonds. The van der Waals surface area contributed by atoms with Gasteiger partial charge in [0.2, 0.25) is 5.91 Å². The van der Waals surface area contributed by atoms with Crippen molar-refractivity contribution in [2.24, 2.45) is 0 Å². The third-order valence-corrected chi connectivity index (χ3v) is 3.45. The average molecular weight is 282 g/mol. The quantitative estimate of drug-likeness (QED) is 0.855. The molecule has 0 saturated carbocycles. The van der Waals surface area contributed by atoms with Crippen LogP contribution in [-0.2, 0) is 11.2 Å². The molecular formula is C18H22N2O. The zero-order valence-corrected chi connectivity index (χ0v) is 12.6. The van der Waals surface area contributed by atoms with Gasteiger partial charge < -0.3 is 10.6 Å². The van der Waals surface area contributed by atoms with Gasteiger partial charge in [-0.05, 0) is 49.1 Å². The minimum atomic E-state index is 0.0186. The first-order chi connectivity index (χ1) is 10.1. The number of aryl methyl sites for hydroxylation is 2. The van der Waals surface area contributed by atoms with Gasteiger partial charge in [-0.1, -0.05) is 36.4 Å². The highest BCUT2D eigenvalue weighted by molar-refractivity contribution is 5.80.